The molecule has 88 valence electrons. The maximum absolute atomic E-state index is 10.9. The van der Waals surface area contributed by atoms with Gasteiger partial charge in [-0.25, -0.2) is 0 Å². The number of halogens is 2. The van der Waals surface area contributed by atoms with Crippen LogP contribution in [0.1, 0.15) is 36.5 Å². The first kappa shape index (κ1) is 13.5. The lowest BCUT2D eigenvalue weighted by molar-refractivity contribution is 0.108. The molecule has 0 N–H and O–H groups in total. The highest BCUT2D eigenvalue weighted by atomic mass is 79.9. The zero-order chi connectivity index (χ0) is 12.0. The zero-order valence-corrected chi connectivity index (χ0v) is 11.5. The van der Waals surface area contributed by atoms with Gasteiger partial charge in [-0.2, -0.15) is 0 Å². The first-order valence-corrected chi connectivity index (χ1v) is 6.44. The summed E-state index contributed by atoms with van der Waals surface area (Å²) in [6.07, 6.45) is 3.37. The molecular formula is C12H14BrClO2. The third-order valence-corrected chi connectivity index (χ3v) is 3.00. The zero-order valence-electron chi connectivity index (χ0n) is 9.13. The average molecular weight is 306 g/mol. The van der Waals surface area contributed by atoms with Crippen LogP contribution in [0.5, 0.6) is 5.75 Å². The molecule has 0 fully saturated rings. The largest absolute Gasteiger partial charge is 0.492 e. The Bertz CT molecular complexity index is 366. The molecule has 1 rings (SSSR count). The van der Waals surface area contributed by atoms with E-state index in [0.29, 0.717) is 12.2 Å². The van der Waals surface area contributed by atoms with Gasteiger partial charge in [-0.1, -0.05) is 19.8 Å². The van der Waals surface area contributed by atoms with Gasteiger partial charge in [0.25, 0.3) is 5.24 Å². The predicted molar refractivity (Wildman–Crippen MR) is 69.3 cm³/mol. The van der Waals surface area contributed by atoms with Crippen molar-refractivity contribution in [1.82, 2.24) is 0 Å². The smallest absolute Gasteiger partial charge is 0.252 e. The number of carbonyl (C=O) groups excluding carboxylic acids is 1. The fourth-order valence-corrected chi connectivity index (χ4v) is 1.89. The monoisotopic (exact) mass is 304 g/mol. The van der Waals surface area contributed by atoms with Crippen molar-refractivity contribution in [2.24, 2.45) is 0 Å². The first-order valence-electron chi connectivity index (χ1n) is 5.27. The molecule has 2 nitrogen and oxygen atoms in total. The van der Waals surface area contributed by atoms with E-state index in [1.165, 1.54) is 6.42 Å². The molecule has 1 aromatic carbocycles. The Balaban J connectivity index is 2.57. The second kappa shape index (κ2) is 6.92. The Morgan fingerprint density at radius 2 is 2.19 bits per heavy atom. The van der Waals surface area contributed by atoms with E-state index in [0.717, 1.165) is 23.1 Å². The van der Waals surface area contributed by atoms with Gasteiger partial charge in [-0.15, -0.1) is 0 Å². The van der Waals surface area contributed by atoms with E-state index in [-0.39, 0.29) is 0 Å². The van der Waals surface area contributed by atoms with Crippen LogP contribution >= 0.6 is 27.5 Å². The quantitative estimate of drug-likeness (QED) is 0.575. The van der Waals surface area contributed by atoms with Crippen LogP contribution in [0.15, 0.2) is 22.7 Å². The van der Waals surface area contributed by atoms with Crippen LogP contribution in [0, 0.1) is 0 Å². The SMILES string of the molecule is CCCCCOc1ccc(C(=O)Cl)cc1Br. The van der Waals surface area contributed by atoms with Crippen LogP contribution in [0.4, 0.5) is 0 Å². The second-order valence-electron chi connectivity index (χ2n) is 3.47. The number of rotatable bonds is 6. The Morgan fingerprint density at radius 1 is 1.44 bits per heavy atom. The normalized spacial score (nSPS) is 10.2. The molecule has 0 radical (unpaired) electrons. The third kappa shape index (κ3) is 4.14. The number of unbranched alkanes of at least 4 members (excludes halogenated alkanes) is 2. The van der Waals surface area contributed by atoms with Gasteiger partial charge < -0.3 is 4.74 Å². The minimum atomic E-state index is -0.460. The highest BCUT2D eigenvalue weighted by molar-refractivity contribution is 9.10. The van der Waals surface area contributed by atoms with E-state index in [2.05, 4.69) is 22.9 Å². The minimum Gasteiger partial charge on any atom is -0.492 e. The van der Waals surface area contributed by atoms with E-state index in [9.17, 15) is 4.79 Å². The summed E-state index contributed by atoms with van der Waals surface area (Å²) in [7, 11) is 0. The molecule has 16 heavy (non-hydrogen) atoms. The van der Waals surface area contributed by atoms with Gasteiger partial charge in [0.05, 0.1) is 11.1 Å². The van der Waals surface area contributed by atoms with E-state index in [1.807, 2.05) is 0 Å². The summed E-state index contributed by atoms with van der Waals surface area (Å²) >= 11 is 8.72. The van der Waals surface area contributed by atoms with Gasteiger partial charge in [-0.05, 0) is 52.2 Å². The molecule has 0 bridgehead atoms. The van der Waals surface area contributed by atoms with Gasteiger partial charge >= 0.3 is 0 Å². The molecule has 0 aliphatic rings. The maximum Gasteiger partial charge on any atom is 0.252 e. The van der Waals surface area contributed by atoms with E-state index in [1.54, 1.807) is 18.2 Å². The summed E-state index contributed by atoms with van der Waals surface area (Å²) < 4.78 is 6.33. The topological polar surface area (TPSA) is 26.3 Å². The Hall–Kier alpha value is -0.540. The van der Waals surface area contributed by atoms with Crippen LogP contribution in [0.25, 0.3) is 0 Å². The number of hydrogen-bond acceptors (Lipinski definition) is 2. The summed E-state index contributed by atoms with van der Waals surface area (Å²) in [4.78, 5) is 10.9. The van der Waals surface area contributed by atoms with Crippen molar-refractivity contribution in [3.63, 3.8) is 0 Å². The summed E-state index contributed by atoms with van der Waals surface area (Å²) in [5.74, 6) is 0.748. The number of benzene rings is 1. The Kier molecular flexibility index (Phi) is 5.85. The van der Waals surface area contributed by atoms with Gasteiger partial charge in [0.2, 0.25) is 0 Å². The molecule has 0 unspecified atom stereocenters. The van der Waals surface area contributed by atoms with Crippen LogP contribution in [0.3, 0.4) is 0 Å². The van der Waals surface area contributed by atoms with Gasteiger partial charge in [-0.3, -0.25) is 4.79 Å². The van der Waals surface area contributed by atoms with Crippen LogP contribution in [-0.4, -0.2) is 11.8 Å². The van der Waals surface area contributed by atoms with Crippen molar-refractivity contribution in [3.8, 4) is 5.75 Å². The highest BCUT2D eigenvalue weighted by Gasteiger charge is 2.06. The molecule has 4 heteroatoms. The fraction of sp³-hybridized carbons (Fsp3) is 0.417. The summed E-state index contributed by atoms with van der Waals surface area (Å²) in [6, 6.07) is 5.09. The van der Waals surface area contributed by atoms with E-state index in [4.69, 9.17) is 16.3 Å². The molecule has 0 saturated heterocycles. The van der Waals surface area contributed by atoms with Crippen molar-refractivity contribution in [2.75, 3.05) is 6.61 Å². The summed E-state index contributed by atoms with van der Waals surface area (Å²) in [5, 5.41) is -0.460. The molecule has 1 aromatic rings. The van der Waals surface area contributed by atoms with Crippen molar-refractivity contribution < 1.29 is 9.53 Å². The maximum atomic E-state index is 10.9. The van der Waals surface area contributed by atoms with Crippen molar-refractivity contribution in [2.45, 2.75) is 26.2 Å². The molecule has 0 saturated carbocycles. The second-order valence-corrected chi connectivity index (χ2v) is 4.67. The molecule has 0 aliphatic carbocycles. The molecule has 0 spiro atoms. The van der Waals surface area contributed by atoms with Crippen LogP contribution in [-0.2, 0) is 0 Å². The molecule has 0 heterocycles. The lowest BCUT2D eigenvalue weighted by Gasteiger charge is -2.08. The Labute approximate surface area is 109 Å². The van der Waals surface area contributed by atoms with Gasteiger partial charge in [0, 0.05) is 5.56 Å². The fourth-order valence-electron chi connectivity index (χ4n) is 1.27. The number of ether oxygens (including phenoxy) is 1. The van der Waals surface area contributed by atoms with Crippen molar-refractivity contribution in [1.29, 1.82) is 0 Å². The van der Waals surface area contributed by atoms with Crippen molar-refractivity contribution >= 4 is 32.8 Å². The molecule has 0 aliphatic heterocycles. The van der Waals surface area contributed by atoms with Gasteiger partial charge in [0.15, 0.2) is 0 Å². The molecule has 0 atom stereocenters. The average Bonchev–Trinajstić information content (AvgIpc) is 2.26. The summed E-state index contributed by atoms with van der Waals surface area (Å²) in [6.45, 7) is 2.84. The van der Waals surface area contributed by atoms with Gasteiger partial charge in [0.1, 0.15) is 5.75 Å². The summed E-state index contributed by atoms with van der Waals surface area (Å²) in [5.41, 5.74) is 0.467. The number of carbonyl (C=O) groups is 1. The lowest BCUT2D eigenvalue weighted by atomic mass is 10.2. The number of hydrogen-bond donors (Lipinski definition) is 0. The first-order chi connectivity index (χ1) is 7.65. The standard InChI is InChI=1S/C12H14BrClO2/c1-2-3-4-7-16-11-6-5-9(12(14)15)8-10(11)13/h5-6,8H,2-4,7H2,1H3. The Morgan fingerprint density at radius 3 is 2.75 bits per heavy atom. The predicted octanol–water partition coefficient (Wildman–Crippen LogP) is 4.40. The highest BCUT2D eigenvalue weighted by Crippen LogP contribution is 2.26. The van der Waals surface area contributed by atoms with E-state index < -0.39 is 5.24 Å². The molecular weight excluding hydrogens is 291 g/mol. The lowest BCUT2D eigenvalue weighted by Crippen LogP contribution is -1.98. The third-order valence-electron chi connectivity index (χ3n) is 2.16. The van der Waals surface area contributed by atoms with E-state index >= 15 is 0 Å². The molecule has 0 aromatic heterocycles. The van der Waals surface area contributed by atoms with Crippen LogP contribution in [0.2, 0.25) is 0 Å². The van der Waals surface area contributed by atoms with Crippen LogP contribution < -0.4 is 4.74 Å². The molecule has 0 amide bonds. The van der Waals surface area contributed by atoms with Crippen molar-refractivity contribution in [3.05, 3.63) is 28.2 Å². The minimum absolute atomic E-state index is 0.460.